The summed E-state index contributed by atoms with van der Waals surface area (Å²) in [6.45, 7) is 6.97. The fourth-order valence-corrected chi connectivity index (χ4v) is 4.93. The maximum atomic E-state index is 12.4. The van der Waals surface area contributed by atoms with Crippen molar-refractivity contribution in [1.29, 1.82) is 0 Å². The van der Waals surface area contributed by atoms with E-state index < -0.39 is 0 Å². The Morgan fingerprint density at radius 1 is 1.06 bits per heavy atom. The minimum absolute atomic E-state index is 0.241. The summed E-state index contributed by atoms with van der Waals surface area (Å²) in [5, 5.41) is 0. The fourth-order valence-electron chi connectivity index (χ4n) is 4.93. The zero-order valence-corrected chi connectivity index (χ0v) is 19.1. The number of hydrogen-bond acceptors (Lipinski definition) is 3. The third-order valence-electron chi connectivity index (χ3n) is 6.98. The number of carbonyl (C=O) groups excluding carboxylic acids is 1. The first-order valence-corrected chi connectivity index (χ1v) is 11.9. The number of rotatable bonds is 8. The van der Waals surface area contributed by atoms with Gasteiger partial charge in [0.1, 0.15) is 0 Å². The van der Waals surface area contributed by atoms with Crippen molar-refractivity contribution in [2.24, 2.45) is 0 Å². The van der Waals surface area contributed by atoms with E-state index in [1.807, 2.05) is 4.90 Å². The van der Waals surface area contributed by atoms with Gasteiger partial charge in [0.25, 0.3) is 0 Å². The molecule has 1 fully saturated rings. The molecule has 2 heterocycles. The van der Waals surface area contributed by atoms with Crippen molar-refractivity contribution >= 4 is 5.91 Å². The molecule has 0 aromatic heterocycles. The lowest BCUT2D eigenvalue weighted by Gasteiger charge is -2.29. The van der Waals surface area contributed by atoms with Gasteiger partial charge in [-0.1, -0.05) is 42.5 Å². The van der Waals surface area contributed by atoms with Crippen LogP contribution in [-0.2, 0) is 28.9 Å². The SMILES string of the molecule is COCCCC(=O)N1CCc2cc(-c3ccc(CCN4CCCC4C)cc3)ccc2C1. The minimum atomic E-state index is 0.241. The van der Waals surface area contributed by atoms with Crippen molar-refractivity contribution in [3.05, 3.63) is 59.2 Å². The van der Waals surface area contributed by atoms with Crippen molar-refractivity contribution in [2.45, 2.75) is 58.0 Å². The van der Waals surface area contributed by atoms with Crippen LogP contribution in [0.25, 0.3) is 11.1 Å². The Kier molecular flexibility index (Phi) is 7.41. The van der Waals surface area contributed by atoms with Crippen molar-refractivity contribution in [2.75, 3.05) is 33.4 Å². The highest BCUT2D eigenvalue weighted by Crippen LogP contribution is 2.27. The maximum Gasteiger partial charge on any atom is 0.222 e. The second-order valence-electron chi connectivity index (χ2n) is 9.12. The van der Waals surface area contributed by atoms with Crippen molar-refractivity contribution < 1.29 is 9.53 Å². The quantitative estimate of drug-likeness (QED) is 0.581. The van der Waals surface area contributed by atoms with Gasteiger partial charge < -0.3 is 14.5 Å². The summed E-state index contributed by atoms with van der Waals surface area (Å²) >= 11 is 0. The smallest absolute Gasteiger partial charge is 0.222 e. The number of likely N-dealkylation sites (tertiary alicyclic amines) is 1. The monoisotopic (exact) mass is 420 g/mol. The molecule has 4 rings (SSSR count). The van der Waals surface area contributed by atoms with Crippen LogP contribution in [0.3, 0.4) is 0 Å². The molecule has 1 atom stereocenters. The van der Waals surface area contributed by atoms with E-state index in [1.54, 1.807) is 7.11 Å². The summed E-state index contributed by atoms with van der Waals surface area (Å²) < 4.78 is 5.07. The normalized spacial score (nSPS) is 18.9. The van der Waals surface area contributed by atoms with Crippen molar-refractivity contribution in [3.8, 4) is 11.1 Å². The van der Waals surface area contributed by atoms with Gasteiger partial charge in [-0.3, -0.25) is 4.79 Å². The Labute approximate surface area is 187 Å². The molecule has 1 unspecified atom stereocenters. The average Bonchev–Trinajstić information content (AvgIpc) is 3.22. The molecule has 2 aliphatic heterocycles. The molecule has 2 aromatic carbocycles. The Morgan fingerprint density at radius 3 is 2.61 bits per heavy atom. The van der Waals surface area contributed by atoms with Crippen LogP contribution in [0.5, 0.6) is 0 Å². The van der Waals surface area contributed by atoms with Gasteiger partial charge in [0.2, 0.25) is 5.91 Å². The van der Waals surface area contributed by atoms with Crippen LogP contribution in [0.2, 0.25) is 0 Å². The van der Waals surface area contributed by atoms with Crippen LogP contribution in [-0.4, -0.2) is 55.1 Å². The Hall–Kier alpha value is -2.17. The number of amides is 1. The predicted octanol–water partition coefficient (Wildman–Crippen LogP) is 4.69. The van der Waals surface area contributed by atoms with Crippen LogP contribution >= 0.6 is 0 Å². The van der Waals surface area contributed by atoms with Crippen LogP contribution in [0, 0.1) is 0 Å². The van der Waals surface area contributed by atoms with Crippen LogP contribution in [0.1, 0.15) is 49.3 Å². The first-order chi connectivity index (χ1) is 15.1. The Bertz CT molecular complexity index is 877. The first-order valence-electron chi connectivity index (χ1n) is 11.9. The summed E-state index contributed by atoms with van der Waals surface area (Å²) in [7, 11) is 1.68. The number of nitrogens with zero attached hydrogens (tertiary/aromatic N) is 2. The second kappa shape index (κ2) is 10.4. The van der Waals surface area contributed by atoms with Crippen LogP contribution in [0.15, 0.2) is 42.5 Å². The molecular weight excluding hydrogens is 384 g/mol. The van der Waals surface area contributed by atoms with Crippen molar-refractivity contribution in [3.63, 3.8) is 0 Å². The third kappa shape index (κ3) is 5.55. The van der Waals surface area contributed by atoms with E-state index >= 15 is 0 Å². The molecule has 4 heteroatoms. The largest absolute Gasteiger partial charge is 0.385 e. The number of ether oxygens (including phenoxy) is 1. The van der Waals surface area contributed by atoms with Crippen molar-refractivity contribution in [1.82, 2.24) is 9.80 Å². The van der Waals surface area contributed by atoms with Gasteiger partial charge >= 0.3 is 0 Å². The number of fused-ring (bicyclic) bond motifs is 1. The van der Waals surface area contributed by atoms with E-state index in [1.165, 1.54) is 53.7 Å². The van der Waals surface area contributed by atoms with E-state index in [9.17, 15) is 4.79 Å². The number of benzene rings is 2. The Morgan fingerprint density at radius 2 is 1.87 bits per heavy atom. The summed E-state index contributed by atoms with van der Waals surface area (Å²) in [4.78, 5) is 17.0. The lowest BCUT2D eigenvalue weighted by molar-refractivity contribution is -0.132. The lowest BCUT2D eigenvalue weighted by atomic mass is 9.94. The van der Waals surface area contributed by atoms with Gasteiger partial charge in [0.05, 0.1) is 0 Å². The number of carbonyl (C=O) groups is 1. The molecule has 0 bridgehead atoms. The molecule has 166 valence electrons. The summed E-state index contributed by atoms with van der Waals surface area (Å²) in [6.07, 6.45) is 6.12. The summed E-state index contributed by atoms with van der Waals surface area (Å²) in [5.74, 6) is 0.241. The minimum Gasteiger partial charge on any atom is -0.385 e. The van der Waals surface area contributed by atoms with E-state index in [-0.39, 0.29) is 5.91 Å². The molecule has 2 aliphatic rings. The standard InChI is InChI=1S/C27H36N2O2/c1-21-5-3-15-28(21)16-13-22-7-9-23(10-8-22)24-11-12-26-20-29(17-14-25(26)19-24)27(30)6-4-18-31-2/h7-12,19,21H,3-6,13-18,20H2,1-2H3. The topological polar surface area (TPSA) is 32.8 Å². The van der Waals surface area contributed by atoms with Crippen LogP contribution < -0.4 is 0 Å². The molecule has 2 aromatic rings. The Balaban J connectivity index is 1.35. The maximum absolute atomic E-state index is 12.4. The summed E-state index contributed by atoms with van der Waals surface area (Å²) in [5.41, 5.74) is 6.64. The highest BCUT2D eigenvalue weighted by molar-refractivity contribution is 5.76. The molecule has 1 saturated heterocycles. The van der Waals surface area contributed by atoms with E-state index in [0.717, 1.165) is 38.4 Å². The molecule has 0 saturated carbocycles. The molecular formula is C27H36N2O2. The zero-order chi connectivity index (χ0) is 21.6. The fraction of sp³-hybridized carbons (Fsp3) is 0.519. The molecule has 31 heavy (non-hydrogen) atoms. The van der Waals surface area contributed by atoms with Gasteiger partial charge in [-0.2, -0.15) is 0 Å². The lowest BCUT2D eigenvalue weighted by Crippen LogP contribution is -2.35. The molecule has 4 nitrogen and oxygen atoms in total. The zero-order valence-electron chi connectivity index (χ0n) is 19.1. The van der Waals surface area contributed by atoms with Gasteiger partial charge in [0.15, 0.2) is 0 Å². The molecule has 0 N–H and O–H groups in total. The average molecular weight is 421 g/mol. The molecule has 0 aliphatic carbocycles. The van der Waals surface area contributed by atoms with Gasteiger partial charge in [0, 0.05) is 45.8 Å². The molecule has 0 radical (unpaired) electrons. The second-order valence-corrected chi connectivity index (χ2v) is 9.12. The number of hydrogen-bond donors (Lipinski definition) is 0. The van der Waals surface area contributed by atoms with Gasteiger partial charge in [-0.25, -0.2) is 0 Å². The van der Waals surface area contributed by atoms with Crippen LogP contribution in [0.4, 0.5) is 0 Å². The summed E-state index contributed by atoms with van der Waals surface area (Å²) in [6, 6.07) is 16.6. The molecule has 1 amide bonds. The highest BCUT2D eigenvalue weighted by atomic mass is 16.5. The highest BCUT2D eigenvalue weighted by Gasteiger charge is 2.21. The number of methoxy groups -OCH3 is 1. The van der Waals surface area contributed by atoms with E-state index in [4.69, 9.17) is 4.74 Å². The van der Waals surface area contributed by atoms with Gasteiger partial charge in [-0.05, 0) is 73.4 Å². The van der Waals surface area contributed by atoms with Gasteiger partial charge in [-0.15, -0.1) is 0 Å². The van der Waals surface area contributed by atoms with E-state index in [0.29, 0.717) is 13.0 Å². The van der Waals surface area contributed by atoms with E-state index in [2.05, 4.69) is 54.3 Å². The third-order valence-corrected chi connectivity index (χ3v) is 6.98. The molecule has 0 spiro atoms. The predicted molar refractivity (Wildman–Crippen MR) is 126 cm³/mol. The first kappa shape index (κ1) is 22.0.